The smallest absolute Gasteiger partial charge is 0.358 e. The minimum Gasteiger partial charge on any atom is -0.476 e. The van der Waals surface area contributed by atoms with Crippen molar-refractivity contribution < 1.29 is 9.90 Å². The summed E-state index contributed by atoms with van der Waals surface area (Å²) in [6, 6.07) is 0.396. The van der Waals surface area contributed by atoms with Gasteiger partial charge in [-0.25, -0.2) is 14.8 Å². The molecule has 98 valence electrons. The second-order valence-corrected chi connectivity index (χ2v) is 4.46. The van der Waals surface area contributed by atoms with Gasteiger partial charge < -0.3 is 10.0 Å². The number of likely N-dealkylation sites (N-methyl/N-ethyl adjacent to an activating group) is 1. The average Bonchev–Trinajstić information content (AvgIpc) is 2.38. The molecule has 0 aromatic carbocycles. The number of nitrogens with zero attached hydrogens (tertiary/aromatic N) is 4. The minimum atomic E-state index is -1.02. The molecule has 2 rings (SSSR count). The van der Waals surface area contributed by atoms with Crippen LogP contribution in [0.2, 0.25) is 0 Å². The molecule has 0 saturated carbocycles. The maximum absolute atomic E-state index is 11.1. The summed E-state index contributed by atoms with van der Waals surface area (Å²) >= 11 is 0. The molecular weight excluding hydrogens is 232 g/mol. The largest absolute Gasteiger partial charge is 0.476 e. The van der Waals surface area contributed by atoms with E-state index in [4.69, 9.17) is 5.11 Å². The number of hydrogen-bond acceptors (Lipinski definition) is 5. The Morgan fingerprint density at radius 1 is 1.44 bits per heavy atom. The molecule has 0 bridgehead atoms. The van der Waals surface area contributed by atoms with Gasteiger partial charge in [-0.3, -0.25) is 4.90 Å². The Balaban J connectivity index is 2.20. The van der Waals surface area contributed by atoms with Crippen LogP contribution in [0, 0.1) is 0 Å². The molecule has 1 aliphatic heterocycles. The van der Waals surface area contributed by atoms with Crippen molar-refractivity contribution in [2.45, 2.75) is 19.9 Å². The zero-order chi connectivity index (χ0) is 13.1. The first-order valence-electron chi connectivity index (χ1n) is 6.16. The molecule has 0 spiro atoms. The van der Waals surface area contributed by atoms with Gasteiger partial charge in [0.2, 0.25) is 0 Å². The molecule has 1 fully saturated rings. The van der Waals surface area contributed by atoms with E-state index in [2.05, 4.69) is 28.7 Å². The van der Waals surface area contributed by atoms with Crippen molar-refractivity contribution in [2.24, 2.45) is 0 Å². The Hall–Kier alpha value is -1.69. The standard InChI is InChI=1S/C12H18N4O2/c1-3-15-6-7-16(8-9(15)2)11-10(12(17)18)13-4-5-14-11/h4-5,9H,3,6-8H2,1-2H3,(H,17,18). The molecule has 1 saturated heterocycles. The fourth-order valence-corrected chi connectivity index (χ4v) is 2.37. The van der Waals surface area contributed by atoms with E-state index in [1.165, 1.54) is 6.20 Å². The molecule has 2 heterocycles. The summed E-state index contributed by atoms with van der Waals surface area (Å²) in [5.74, 6) is -0.545. The highest BCUT2D eigenvalue weighted by Gasteiger charge is 2.26. The molecule has 1 N–H and O–H groups in total. The Bertz CT molecular complexity index is 438. The van der Waals surface area contributed by atoms with Gasteiger partial charge in [-0.2, -0.15) is 0 Å². The highest BCUT2D eigenvalue weighted by atomic mass is 16.4. The molecule has 6 heteroatoms. The van der Waals surface area contributed by atoms with Crippen LogP contribution in [-0.2, 0) is 0 Å². The van der Waals surface area contributed by atoms with E-state index in [0.717, 1.165) is 26.2 Å². The number of anilines is 1. The van der Waals surface area contributed by atoms with Crippen molar-refractivity contribution >= 4 is 11.8 Å². The van der Waals surface area contributed by atoms with E-state index in [-0.39, 0.29) is 5.69 Å². The van der Waals surface area contributed by atoms with Gasteiger partial charge in [-0.1, -0.05) is 6.92 Å². The van der Waals surface area contributed by atoms with Crippen LogP contribution in [0.5, 0.6) is 0 Å². The van der Waals surface area contributed by atoms with Crippen molar-refractivity contribution in [3.05, 3.63) is 18.1 Å². The lowest BCUT2D eigenvalue weighted by Crippen LogP contribution is -2.52. The maximum atomic E-state index is 11.1. The fraction of sp³-hybridized carbons (Fsp3) is 0.583. The van der Waals surface area contributed by atoms with Crippen molar-refractivity contribution in [3.8, 4) is 0 Å². The van der Waals surface area contributed by atoms with E-state index in [0.29, 0.717) is 11.9 Å². The van der Waals surface area contributed by atoms with Gasteiger partial charge in [0, 0.05) is 38.1 Å². The van der Waals surface area contributed by atoms with E-state index < -0.39 is 5.97 Å². The first kappa shape index (κ1) is 12.8. The highest BCUT2D eigenvalue weighted by Crippen LogP contribution is 2.19. The summed E-state index contributed by atoms with van der Waals surface area (Å²) in [5.41, 5.74) is 0.0367. The van der Waals surface area contributed by atoms with Gasteiger partial charge in [-0.05, 0) is 13.5 Å². The number of carboxylic acid groups (broad SMARTS) is 1. The summed E-state index contributed by atoms with van der Waals surface area (Å²) in [4.78, 5) is 23.6. The summed E-state index contributed by atoms with van der Waals surface area (Å²) in [7, 11) is 0. The third-order valence-electron chi connectivity index (χ3n) is 3.35. The van der Waals surface area contributed by atoms with E-state index in [9.17, 15) is 4.79 Å². The third kappa shape index (κ3) is 2.43. The second kappa shape index (κ2) is 5.30. The number of carboxylic acids is 1. The van der Waals surface area contributed by atoms with Crippen LogP contribution < -0.4 is 4.90 Å². The molecule has 6 nitrogen and oxygen atoms in total. The minimum absolute atomic E-state index is 0.0367. The number of rotatable bonds is 3. The van der Waals surface area contributed by atoms with Gasteiger partial charge in [0.05, 0.1) is 0 Å². The lowest BCUT2D eigenvalue weighted by atomic mass is 10.2. The normalized spacial score (nSPS) is 21.0. The Morgan fingerprint density at radius 2 is 2.17 bits per heavy atom. The lowest BCUT2D eigenvalue weighted by Gasteiger charge is -2.40. The molecule has 1 aliphatic rings. The molecular formula is C12H18N4O2. The first-order valence-corrected chi connectivity index (χ1v) is 6.16. The van der Waals surface area contributed by atoms with Crippen molar-refractivity contribution in [3.63, 3.8) is 0 Å². The monoisotopic (exact) mass is 250 g/mol. The van der Waals surface area contributed by atoms with Gasteiger partial charge in [0.25, 0.3) is 0 Å². The van der Waals surface area contributed by atoms with Crippen LogP contribution in [0.4, 0.5) is 5.82 Å². The highest BCUT2D eigenvalue weighted by molar-refractivity contribution is 5.90. The quantitative estimate of drug-likeness (QED) is 0.852. The zero-order valence-electron chi connectivity index (χ0n) is 10.7. The Labute approximate surface area is 106 Å². The lowest BCUT2D eigenvalue weighted by molar-refractivity contribution is 0.0690. The molecule has 1 atom stereocenters. The number of carbonyl (C=O) groups is 1. The Kier molecular flexibility index (Phi) is 3.76. The molecule has 18 heavy (non-hydrogen) atoms. The van der Waals surface area contributed by atoms with Crippen LogP contribution in [-0.4, -0.2) is 58.2 Å². The molecule has 0 amide bonds. The third-order valence-corrected chi connectivity index (χ3v) is 3.35. The Morgan fingerprint density at radius 3 is 2.78 bits per heavy atom. The molecule has 0 aliphatic carbocycles. The van der Waals surface area contributed by atoms with E-state index >= 15 is 0 Å². The number of aromatic nitrogens is 2. The van der Waals surface area contributed by atoms with Crippen molar-refractivity contribution in [2.75, 3.05) is 31.1 Å². The molecule has 1 aromatic rings. The topological polar surface area (TPSA) is 69.6 Å². The van der Waals surface area contributed by atoms with Crippen molar-refractivity contribution in [1.82, 2.24) is 14.9 Å². The summed E-state index contributed by atoms with van der Waals surface area (Å²) in [6.07, 6.45) is 2.96. The molecule has 0 radical (unpaired) electrons. The predicted octanol–water partition coefficient (Wildman–Crippen LogP) is 0.705. The molecule has 1 aromatic heterocycles. The first-order chi connectivity index (χ1) is 8.63. The zero-order valence-corrected chi connectivity index (χ0v) is 10.7. The van der Waals surface area contributed by atoms with Gasteiger partial charge in [0.1, 0.15) is 0 Å². The van der Waals surface area contributed by atoms with Gasteiger partial charge in [0.15, 0.2) is 11.5 Å². The van der Waals surface area contributed by atoms with Crippen LogP contribution >= 0.6 is 0 Å². The van der Waals surface area contributed by atoms with Gasteiger partial charge in [-0.15, -0.1) is 0 Å². The van der Waals surface area contributed by atoms with Crippen LogP contribution in [0.3, 0.4) is 0 Å². The van der Waals surface area contributed by atoms with Crippen molar-refractivity contribution in [1.29, 1.82) is 0 Å². The second-order valence-electron chi connectivity index (χ2n) is 4.46. The maximum Gasteiger partial charge on any atom is 0.358 e. The fourth-order valence-electron chi connectivity index (χ4n) is 2.37. The van der Waals surface area contributed by atoms with Gasteiger partial charge >= 0.3 is 5.97 Å². The molecule has 1 unspecified atom stereocenters. The SMILES string of the molecule is CCN1CCN(c2nccnc2C(=O)O)CC1C. The summed E-state index contributed by atoms with van der Waals surface area (Å²) in [5, 5.41) is 9.12. The number of piperazine rings is 1. The predicted molar refractivity (Wildman–Crippen MR) is 67.9 cm³/mol. The number of aromatic carboxylic acids is 1. The van der Waals surface area contributed by atoms with E-state index in [1.807, 2.05) is 4.90 Å². The average molecular weight is 250 g/mol. The summed E-state index contributed by atoms with van der Waals surface area (Å²) < 4.78 is 0. The van der Waals surface area contributed by atoms with Crippen LogP contribution in [0.1, 0.15) is 24.3 Å². The van der Waals surface area contributed by atoms with Crippen LogP contribution in [0.25, 0.3) is 0 Å². The van der Waals surface area contributed by atoms with E-state index in [1.54, 1.807) is 6.20 Å². The summed E-state index contributed by atoms with van der Waals surface area (Å²) in [6.45, 7) is 7.79. The number of hydrogen-bond donors (Lipinski definition) is 1. The van der Waals surface area contributed by atoms with Crippen LogP contribution in [0.15, 0.2) is 12.4 Å².